The maximum Gasteiger partial charge on any atom is 0.232 e. The summed E-state index contributed by atoms with van der Waals surface area (Å²) in [5.74, 6) is 2.84. The van der Waals surface area contributed by atoms with Gasteiger partial charge < -0.3 is 10.2 Å². The van der Waals surface area contributed by atoms with Crippen LogP contribution in [0.4, 0.5) is 0 Å². The van der Waals surface area contributed by atoms with Crippen LogP contribution in [0.25, 0.3) is 0 Å². The van der Waals surface area contributed by atoms with E-state index in [1.807, 2.05) is 11.9 Å². The zero-order chi connectivity index (χ0) is 12.7. The molecule has 0 aliphatic carbocycles. The van der Waals surface area contributed by atoms with Gasteiger partial charge in [0.25, 0.3) is 0 Å². The number of nitrogens with one attached hydrogen (secondary N) is 1. The zero-order valence-electron chi connectivity index (χ0n) is 11.8. The van der Waals surface area contributed by atoms with Gasteiger partial charge in [-0.05, 0) is 38.0 Å². The van der Waals surface area contributed by atoms with Crippen LogP contribution in [0.5, 0.6) is 0 Å². The summed E-state index contributed by atoms with van der Waals surface area (Å²) in [6, 6.07) is 0.604. The Morgan fingerprint density at radius 2 is 2.00 bits per heavy atom. The summed E-state index contributed by atoms with van der Waals surface area (Å²) in [5, 5.41) is 3.28. The molecule has 0 unspecified atom stereocenters. The second-order valence-electron chi connectivity index (χ2n) is 5.18. The van der Waals surface area contributed by atoms with Crippen LogP contribution in [0.3, 0.4) is 0 Å². The molecule has 0 atom stereocenters. The monoisotopic (exact) mass is 294 g/mol. The van der Waals surface area contributed by atoms with Gasteiger partial charge in [0.2, 0.25) is 5.91 Å². The van der Waals surface area contributed by atoms with Crippen LogP contribution in [0.2, 0.25) is 0 Å². The lowest BCUT2D eigenvalue weighted by atomic mass is 10.1. The van der Waals surface area contributed by atoms with Crippen molar-refractivity contribution >= 4 is 30.1 Å². The fourth-order valence-electron chi connectivity index (χ4n) is 1.99. The molecule has 1 fully saturated rings. The molecule has 1 heterocycles. The van der Waals surface area contributed by atoms with Crippen molar-refractivity contribution in [1.29, 1.82) is 0 Å². The first-order valence-electron chi connectivity index (χ1n) is 6.66. The molecule has 5 heteroatoms. The fraction of sp³-hybridized carbons (Fsp3) is 0.923. The number of thioether (sulfide) groups is 1. The molecule has 3 nitrogen and oxygen atoms in total. The Morgan fingerprint density at radius 3 is 2.50 bits per heavy atom. The highest BCUT2D eigenvalue weighted by Crippen LogP contribution is 2.13. The minimum absolute atomic E-state index is 0. The summed E-state index contributed by atoms with van der Waals surface area (Å²) in [7, 11) is 2.00. The third kappa shape index (κ3) is 6.86. The first-order valence-corrected chi connectivity index (χ1v) is 7.81. The zero-order valence-corrected chi connectivity index (χ0v) is 13.4. The lowest BCUT2D eigenvalue weighted by Crippen LogP contribution is -2.44. The summed E-state index contributed by atoms with van der Waals surface area (Å²) in [6.07, 6.45) is 3.40. The molecule has 1 aliphatic heterocycles. The Bertz CT molecular complexity index is 231. The van der Waals surface area contributed by atoms with Gasteiger partial charge in [0.15, 0.2) is 0 Å². The normalized spacial score (nSPS) is 16.8. The Hall–Kier alpha value is 0.0700. The molecule has 108 valence electrons. The molecule has 0 saturated carbocycles. The van der Waals surface area contributed by atoms with E-state index in [0.29, 0.717) is 17.7 Å². The number of halogens is 1. The highest BCUT2D eigenvalue weighted by atomic mass is 35.5. The van der Waals surface area contributed by atoms with Gasteiger partial charge in [0, 0.05) is 19.1 Å². The van der Waals surface area contributed by atoms with Crippen molar-refractivity contribution in [3.05, 3.63) is 0 Å². The molecule has 1 N–H and O–H groups in total. The van der Waals surface area contributed by atoms with E-state index < -0.39 is 0 Å². The van der Waals surface area contributed by atoms with Crippen LogP contribution in [-0.4, -0.2) is 48.5 Å². The quantitative estimate of drug-likeness (QED) is 0.764. The lowest BCUT2D eigenvalue weighted by Gasteiger charge is -2.31. The number of carbonyl (C=O) groups excluding carboxylic acids is 1. The first kappa shape index (κ1) is 18.1. The second kappa shape index (κ2) is 9.93. The van der Waals surface area contributed by atoms with Crippen LogP contribution in [0, 0.1) is 5.92 Å². The number of hydrogen-bond acceptors (Lipinski definition) is 3. The Morgan fingerprint density at radius 1 is 1.39 bits per heavy atom. The topological polar surface area (TPSA) is 32.3 Å². The number of rotatable bonds is 6. The Balaban J connectivity index is 0.00000289. The number of nitrogens with zero attached hydrogens (tertiary/aromatic N) is 1. The maximum atomic E-state index is 11.9. The van der Waals surface area contributed by atoms with Crippen molar-refractivity contribution < 1.29 is 4.79 Å². The standard InChI is InChI=1S/C13H26N2OS.ClH/c1-11(2)6-9-17-10-13(16)15-7-4-12(14-3)5-8-15;/h11-12,14H,4-10H2,1-3H3;1H. The van der Waals surface area contributed by atoms with Crippen molar-refractivity contribution in [2.75, 3.05) is 31.6 Å². The summed E-state index contributed by atoms with van der Waals surface area (Å²) in [5.41, 5.74) is 0. The van der Waals surface area contributed by atoms with E-state index in [-0.39, 0.29) is 12.4 Å². The summed E-state index contributed by atoms with van der Waals surface area (Å²) in [4.78, 5) is 13.9. The molecule has 1 saturated heterocycles. The lowest BCUT2D eigenvalue weighted by molar-refractivity contribution is -0.129. The average molecular weight is 295 g/mol. The van der Waals surface area contributed by atoms with E-state index in [1.165, 1.54) is 6.42 Å². The van der Waals surface area contributed by atoms with Gasteiger partial charge in [-0.3, -0.25) is 4.79 Å². The molecule has 0 bridgehead atoms. The van der Waals surface area contributed by atoms with Crippen molar-refractivity contribution in [2.45, 2.75) is 39.2 Å². The molecular formula is C13H27ClN2OS. The summed E-state index contributed by atoms with van der Waals surface area (Å²) >= 11 is 1.78. The van der Waals surface area contributed by atoms with Gasteiger partial charge in [0.1, 0.15) is 0 Å². The minimum Gasteiger partial charge on any atom is -0.342 e. The average Bonchev–Trinajstić information content (AvgIpc) is 2.34. The van der Waals surface area contributed by atoms with E-state index >= 15 is 0 Å². The molecule has 18 heavy (non-hydrogen) atoms. The van der Waals surface area contributed by atoms with Crippen LogP contribution in [0.1, 0.15) is 33.1 Å². The smallest absolute Gasteiger partial charge is 0.232 e. The predicted molar refractivity (Wildman–Crippen MR) is 82.7 cm³/mol. The number of likely N-dealkylation sites (tertiary alicyclic amines) is 1. The highest BCUT2D eigenvalue weighted by Gasteiger charge is 2.21. The molecule has 0 aromatic heterocycles. The maximum absolute atomic E-state index is 11.9. The Kier molecular flexibility index (Phi) is 9.97. The van der Waals surface area contributed by atoms with Gasteiger partial charge in [-0.2, -0.15) is 11.8 Å². The van der Waals surface area contributed by atoms with E-state index in [2.05, 4.69) is 19.2 Å². The van der Waals surface area contributed by atoms with Gasteiger partial charge in [-0.15, -0.1) is 12.4 Å². The third-order valence-electron chi connectivity index (χ3n) is 3.32. The third-order valence-corrected chi connectivity index (χ3v) is 4.30. The van der Waals surface area contributed by atoms with Gasteiger partial charge in [-0.1, -0.05) is 13.8 Å². The molecular weight excluding hydrogens is 268 g/mol. The van der Waals surface area contributed by atoms with Crippen molar-refractivity contribution in [2.24, 2.45) is 5.92 Å². The number of carbonyl (C=O) groups is 1. The minimum atomic E-state index is 0. The summed E-state index contributed by atoms with van der Waals surface area (Å²) in [6.45, 7) is 6.31. The molecule has 0 radical (unpaired) electrons. The van der Waals surface area contributed by atoms with E-state index in [9.17, 15) is 4.79 Å². The van der Waals surface area contributed by atoms with Crippen molar-refractivity contribution in [1.82, 2.24) is 10.2 Å². The van der Waals surface area contributed by atoms with Gasteiger partial charge >= 0.3 is 0 Å². The van der Waals surface area contributed by atoms with Crippen LogP contribution < -0.4 is 5.32 Å². The molecule has 1 aliphatic rings. The van der Waals surface area contributed by atoms with Crippen molar-refractivity contribution in [3.63, 3.8) is 0 Å². The van der Waals surface area contributed by atoms with Crippen LogP contribution >= 0.6 is 24.2 Å². The Labute approximate surface area is 122 Å². The van der Waals surface area contributed by atoms with E-state index in [1.54, 1.807) is 11.8 Å². The highest BCUT2D eigenvalue weighted by molar-refractivity contribution is 7.99. The predicted octanol–water partition coefficient (Wildman–Crippen LogP) is 2.40. The van der Waals surface area contributed by atoms with Gasteiger partial charge in [0.05, 0.1) is 5.75 Å². The number of piperidine rings is 1. The molecule has 0 aromatic carbocycles. The SMILES string of the molecule is CNC1CCN(C(=O)CSCCC(C)C)CC1.Cl. The van der Waals surface area contributed by atoms with Crippen LogP contribution in [-0.2, 0) is 4.79 Å². The van der Waals surface area contributed by atoms with Crippen LogP contribution in [0.15, 0.2) is 0 Å². The number of hydrogen-bond donors (Lipinski definition) is 1. The summed E-state index contributed by atoms with van der Waals surface area (Å²) < 4.78 is 0. The molecule has 1 rings (SSSR count). The van der Waals surface area contributed by atoms with Gasteiger partial charge in [-0.25, -0.2) is 0 Å². The number of amides is 1. The second-order valence-corrected chi connectivity index (χ2v) is 6.28. The molecule has 1 amide bonds. The van der Waals surface area contributed by atoms with E-state index in [4.69, 9.17) is 0 Å². The largest absolute Gasteiger partial charge is 0.342 e. The fourth-order valence-corrected chi connectivity index (χ4v) is 3.13. The molecule has 0 spiro atoms. The van der Waals surface area contributed by atoms with Crippen molar-refractivity contribution in [3.8, 4) is 0 Å². The molecule has 0 aromatic rings. The van der Waals surface area contributed by atoms with E-state index in [0.717, 1.165) is 37.6 Å². The first-order chi connectivity index (χ1) is 8.13.